The minimum atomic E-state index is -0.305. The fourth-order valence-electron chi connectivity index (χ4n) is 7.88. The molecular formula is C21H34O3. The summed E-state index contributed by atoms with van der Waals surface area (Å²) < 4.78 is 0. The first kappa shape index (κ1) is 17.0. The summed E-state index contributed by atoms with van der Waals surface area (Å²) in [5, 5.41) is 20.4. The second kappa shape index (κ2) is 5.54. The van der Waals surface area contributed by atoms with E-state index in [0.717, 1.165) is 32.1 Å². The van der Waals surface area contributed by atoms with Crippen molar-refractivity contribution in [2.75, 3.05) is 0 Å². The first-order valence-corrected chi connectivity index (χ1v) is 10.2. The van der Waals surface area contributed by atoms with Gasteiger partial charge in [0.15, 0.2) is 0 Å². The number of hydrogen-bond acceptors (Lipinski definition) is 3. The van der Waals surface area contributed by atoms with E-state index in [1.807, 2.05) is 6.92 Å². The second-order valence-corrected chi connectivity index (χ2v) is 10.0. The Morgan fingerprint density at radius 3 is 2.54 bits per heavy atom. The summed E-state index contributed by atoms with van der Waals surface area (Å²) in [4.78, 5) is 13.3. The molecule has 0 aliphatic heterocycles. The minimum Gasteiger partial charge on any atom is -0.393 e. The van der Waals surface area contributed by atoms with Gasteiger partial charge in [0.2, 0.25) is 0 Å². The molecule has 3 nitrogen and oxygen atoms in total. The molecule has 0 amide bonds. The number of fused-ring (bicyclic) bond motifs is 5. The molecule has 4 fully saturated rings. The molecule has 4 aliphatic carbocycles. The first-order valence-electron chi connectivity index (χ1n) is 10.2. The summed E-state index contributed by atoms with van der Waals surface area (Å²) in [5.41, 5.74) is 0.104. The maximum absolute atomic E-state index is 13.3. The van der Waals surface area contributed by atoms with Crippen molar-refractivity contribution < 1.29 is 15.0 Å². The van der Waals surface area contributed by atoms with E-state index >= 15 is 0 Å². The lowest BCUT2D eigenvalue weighted by Crippen LogP contribution is -2.58. The van der Waals surface area contributed by atoms with Crippen LogP contribution in [0.25, 0.3) is 0 Å². The quantitative estimate of drug-likeness (QED) is 0.771. The van der Waals surface area contributed by atoms with Crippen LogP contribution in [0.1, 0.15) is 72.1 Å². The van der Waals surface area contributed by atoms with Gasteiger partial charge in [0.25, 0.3) is 0 Å². The van der Waals surface area contributed by atoms with Gasteiger partial charge < -0.3 is 10.2 Å². The van der Waals surface area contributed by atoms with Crippen molar-refractivity contribution in [1.29, 1.82) is 0 Å². The van der Waals surface area contributed by atoms with Crippen molar-refractivity contribution in [2.45, 2.75) is 84.3 Å². The Morgan fingerprint density at radius 1 is 1.08 bits per heavy atom. The third-order valence-corrected chi connectivity index (χ3v) is 8.98. The molecule has 136 valence electrons. The molecule has 9 atom stereocenters. The molecule has 2 N–H and O–H groups in total. The number of carbonyl (C=O) groups is 1. The molecule has 4 saturated carbocycles. The monoisotopic (exact) mass is 334 g/mol. The summed E-state index contributed by atoms with van der Waals surface area (Å²) in [6.45, 7) is 6.55. The van der Waals surface area contributed by atoms with E-state index < -0.39 is 0 Å². The maximum atomic E-state index is 13.3. The Hall–Kier alpha value is -0.410. The Balaban J connectivity index is 1.67. The Labute approximate surface area is 146 Å². The van der Waals surface area contributed by atoms with E-state index in [9.17, 15) is 15.0 Å². The fourth-order valence-corrected chi connectivity index (χ4v) is 7.88. The number of aliphatic hydroxyl groups is 2. The fraction of sp³-hybridized carbons (Fsp3) is 0.952. The standard InChI is InChI=1S/C21H34O3/c1-12(22)16-6-7-17-15-5-4-13-10-14(23)8-9-20(13,2)19(15)18(24)11-21(16,17)3/h12-17,19,22-23H,4-11H2,1-3H3/t12-,13+,14+,15-,16-,17+,19+,20-,21+/m0/s1. The van der Waals surface area contributed by atoms with Crippen LogP contribution in [0.3, 0.4) is 0 Å². The highest BCUT2D eigenvalue weighted by Gasteiger charge is 2.63. The van der Waals surface area contributed by atoms with Crippen molar-refractivity contribution in [1.82, 2.24) is 0 Å². The van der Waals surface area contributed by atoms with E-state index in [1.165, 1.54) is 12.8 Å². The van der Waals surface area contributed by atoms with Gasteiger partial charge in [0.05, 0.1) is 12.2 Å². The molecule has 0 unspecified atom stereocenters. The molecular weight excluding hydrogens is 300 g/mol. The van der Waals surface area contributed by atoms with Gasteiger partial charge in [-0.1, -0.05) is 13.8 Å². The topological polar surface area (TPSA) is 57.5 Å². The number of hydrogen-bond donors (Lipinski definition) is 2. The minimum absolute atomic E-state index is 0.00376. The van der Waals surface area contributed by atoms with Crippen LogP contribution in [0.2, 0.25) is 0 Å². The lowest BCUT2D eigenvalue weighted by atomic mass is 9.44. The smallest absolute Gasteiger partial charge is 0.137 e. The zero-order chi connectivity index (χ0) is 17.3. The van der Waals surface area contributed by atoms with E-state index in [-0.39, 0.29) is 34.9 Å². The van der Waals surface area contributed by atoms with Crippen LogP contribution in [0, 0.1) is 40.4 Å². The van der Waals surface area contributed by atoms with E-state index in [2.05, 4.69) is 13.8 Å². The molecule has 0 aromatic rings. The van der Waals surface area contributed by atoms with Crippen LogP contribution < -0.4 is 0 Å². The highest BCUT2D eigenvalue weighted by Crippen LogP contribution is 2.66. The van der Waals surface area contributed by atoms with Crippen LogP contribution in [0.4, 0.5) is 0 Å². The molecule has 0 radical (unpaired) electrons. The first-order chi connectivity index (χ1) is 11.3. The second-order valence-electron chi connectivity index (χ2n) is 10.0. The molecule has 4 aliphatic rings. The molecule has 0 heterocycles. The molecule has 4 rings (SSSR count). The Bertz CT molecular complexity index is 529. The lowest BCUT2D eigenvalue weighted by molar-refractivity contribution is -0.163. The van der Waals surface area contributed by atoms with Gasteiger partial charge in [0, 0.05) is 12.3 Å². The Morgan fingerprint density at radius 2 is 1.83 bits per heavy atom. The third-order valence-electron chi connectivity index (χ3n) is 8.98. The van der Waals surface area contributed by atoms with Crippen LogP contribution in [-0.2, 0) is 4.79 Å². The molecule has 0 spiro atoms. The predicted molar refractivity (Wildman–Crippen MR) is 93.3 cm³/mol. The van der Waals surface area contributed by atoms with Gasteiger partial charge >= 0.3 is 0 Å². The summed E-state index contributed by atoms with van der Waals surface area (Å²) >= 11 is 0. The van der Waals surface area contributed by atoms with E-state index in [1.54, 1.807) is 0 Å². The number of carbonyl (C=O) groups excluding carboxylic acids is 1. The zero-order valence-electron chi connectivity index (χ0n) is 15.5. The van der Waals surface area contributed by atoms with E-state index in [4.69, 9.17) is 0 Å². The normalized spacial score (nSPS) is 55.5. The van der Waals surface area contributed by atoms with Crippen LogP contribution in [0.15, 0.2) is 0 Å². The highest BCUT2D eigenvalue weighted by molar-refractivity contribution is 5.84. The largest absolute Gasteiger partial charge is 0.393 e. The number of rotatable bonds is 1. The van der Waals surface area contributed by atoms with Crippen LogP contribution in [0.5, 0.6) is 0 Å². The van der Waals surface area contributed by atoms with Gasteiger partial charge in [-0.05, 0) is 86.4 Å². The molecule has 0 aromatic heterocycles. The van der Waals surface area contributed by atoms with Gasteiger partial charge in [0.1, 0.15) is 5.78 Å². The predicted octanol–water partition coefficient (Wildman–Crippen LogP) is 3.57. The van der Waals surface area contributed by atoms with Crippen molar-refractivity contribution in [2.24, 2.45) is 40.4 Å². The zero-order valence-corrected chi connectivity index (χ0v) is 15.5. The molecule has 24 heavy (non-hydrogen) atoms. The van der Waals surface area contributed by atoms with Gasteiger partial charge in [-0.3, -0.25) is 4.79 Å². The number of aliphatic hydroxyl groups excluding tert-OH is 2. The SMILES string of the molecule is C[C@H](O)[C@@H]1CC[C@@H]2[C@@H]3CC[C@@H]4C[C@H](O)CC[C@]4(C)[C@H]3C(=O)C[C@@]21C. The molecule has 0 bridgehead atoms. The number of Topliss-reactive ketones (excluding diaryl/α,β-unsaturated/α-hetero) is 1. The van der Waals surface area contributed by atoms with E-state index in [0.29, 0.717) is 30.0 Å². The summed E-state index contributed by atoms with van der Waals surface area (Å²) in [6, 6.07) is 0. The van der Waals surface area contributed by atoms with Crippen LogP contribution >= 0.6 is 0 Å². The van der Waals surface area contributed by atoms with Crippen molar-refractivity contribution >= 4 is 5.78 Å². The summed E-state index contributed by atoms with van der Waals surface area (Å²) in [6.07, 6.45) is 7.56. The average molecular weight is 335 g/mol. The van der Waals surface area contributed by atoms with Gasteiger partial charge in [-0.25, -0.2) is 0 Å². The summed E-state index contributed by atoms with van der Waals surface area (Å²) in [7, 11) is 0. The number of ketones is 1. The average Bonchev–Trinajstić information content (AvgIpc) is 2.84. The third kappa shape index (κ3) is 2.19. The molecule has 0 aromatic carbocycles. The van der Waals surface area contributed by atoms with Crippen molar-refractivity contribution in [3.05, 3.63) is 0 Å². The van der Waals surface area contributed by atoms with Gasteiger partial charge in [-0.2, -0.15) is 0 Å². The van der Waals surface area contributed by atoms with Crippen LogP contribution in [-0.4, -0.2) is 28.2 Å². The molecule has 0 saturated heterocycles. The van der Waals surface area contributed by atoms with Gasteiger partial charge in [-0.15, -0.1) is 0 Å². The van der Waals surface area contributed by atoms with Crippen molar-refractivity contribution in [3.63, 3.8) is 0 Å². The Kier molecular flexibility index (Phi) is 3.93. The summed E-state index contributed by atoms with van der Waals surface area (Å²) in [5.74, 6) is 2.58. The maximum Gasteiger partial charge on any atom is 0.137 e. The van der Waals surface area contributed by atoms with Crippen molar-refractivity contribution in [3.8, 4) is 0 Å². The molecule has 3 heteroatoms. The highest BCUT2D eigenvalue weighted by atomic mass is 16.3. The lowest BCUT2D eigenvalue weighted by Gasteiger charge is -2.60.